The maximum Gasteiger partial charge on any atom is 0.219 e. The van der Waals surface area contributed by atoms with Crippen LogP contribution < -0.4 is 0 Å². The van der Waals surface area contributed by atoms with E-state index in [9.17, 15) is 4.79 Å². The summed E-state index contributed by atoms with van der Waals surface area (Å²) >= 11 is 0. The van der Waals surface area contributed by atoms with Gasteiger partial charge in [0, 0.05) is 46.8 Å². The van der Waals surface area contributed by atoms with Crippen molar-refractivity contribution in [2.24, 2.45) is 0 Å². The average Bonchev–Trinajstić information content (AvgIpc) is 2.41. The molecule has 0 aliphatic carbocycles. The first kappa shape index (κ1) is 18.7. The highest BCUT2D eigenvalue weighted by atomic mass is 16.5. The topological polar surface area (TPSA) is 32.8 Å². The number of carbonyl (C=O) groups is 1. The molecule has 1 saturated heterocycles. The quantitative estimate of drug-likeness (QED) is 0.762. The third-order valence-electron chi connectivity index (χ3n) is 2.43. The molecule has 0 aromatic heterocycles. The number of hydrogen-bond acceptors (Lipinski definition) is 3. The molecule has 0 N–H and O–H groups in total. The normalized spacial score (nSPS) is 15.3. The number of methoxy groups -OCH3 is 1. The largest absolute Gasteiger partial charge is 0.383 e. The predicted molar refractivity (Wildman–Crippen MR) is 73.3 cm³/mol. The van der Waals surface area contributed by atoms with E-state index in [-0.39, 0.29) is 5.91 Å². The zero-order valence-electron chi connectivity index (χ0n) is 12.5. The number of rotatable bonds is 3. The molecule has 1 aliphatic heterocycles. The van der Waals surface area contributed by atoms with E-state index >= 15 is 0 Å². The summed E-state index contributed by atoms with van der Waals surface area (Å²) in [7, 11) is 1.71. The van der Waals surface area contributed by atoms with Crippen LogP contribution in [-0.2, 0) is 9.53 Å². The molecule has 0 radical (unpaired) electrons. The maximum absolute atomic E-state index is 11.0. The van der Waals surface area contributed by atoms with Gasteiger partial charge in [-0.1, -0.05) is 27.7 Å². The Hall–Kier alpha value is -0.610. The van der Waals surface area contributed by atoms with E-state index in [0.717, 1.165) is 39.3 Å². The summed E-state index contributed by atoms with van der Waals surface area (Å²) in [5.74, 6) is 0.186. The van der Waals surface area contributed by atoms with Crippen LogP contribution in [0, 0.1) is 0 Å². The van der Waals surface area contributed by atoms with E-state index in [1.54, 1.807) is 14.0 Å². The van der Waals surface area contributed by atoms with Crippen molar-refractivity contribution < 1.29 is 9.53 Å². The van der Waals surface area contributed by atoms with E-state index in [2.05, 4.69) is 4.90 Å². The second-order valence-corrected chi connectivity index (χ2v) is 3.34. The molecule has 0 bridgehead atoms. The highest BCUT2D eigenvalue weighted by molar-refractivity contribution is 5.73. The zero-order chi connectivity index (χ0) is 13.7. The SMILES string of the molecule is CC.CC.COCCN1CCN(C(C)=O)CC1. The molecule has 4 nitrogen and oxygen atoms in total. The Morgan fingerprint density at radius 2 is 1.53 bits per heavy atom. The molecule has 17 heavy (non-hydrogen) atoms. The van der Waals surface area contributed by atoms with Crippen molar-refractivity contribution in [2.75, 3.05) is 46.4 Å². The number of piperazine rings is 1. The highest BCUT2D eigenvalue weighted by Gasteiger charge is 2.17. The monoisotopic (exact) mass is 246 g/mol. The van der Waals surface area contributed by atoms with Crippen molar-refractivity contribution in [1.29, 1.82) is 0 Å². The van der Waals surface area contributed by atoms with Gasteiger partial charge in [-0.3, -0.25) is 9.69 Å². The number of hydrogen-bond donors (Lipinski definition) is 0. The molecule has 0 saturated carbocycles. The molecule has 0 atom stereocenters. The van der Waals surface area contributed by atoms with Crippen molar-refractivity contribution in [2.45, 2.75) is 34.6 Å². The first-order valence-corrected chi connectivity index (χ1v) is 6.71. The van der Waals surface area contributed by atoms with Gasteiger partial charge in [-0.2, -0.15) is 0 Å². The molecular weight excluding hydrogens is 216 g/mol. The van der Waals surface area contributed by atoms with E-state index in [0.29, 0.717) is 0 Å². The predicted octanol–water partition coefficient (Wildman–Crippen LogP) is 1.85. The van der Waals surface area contributed by atoms with Crippen LogP contribution in [0.1, 0.15) is 34.6 Å². The van der Waals surface area contributed by atoms with Crippen LogP contribution in [0.15, 0.2) is 0 Å². The fraction of sp³-hybridized carbons (Fsp3) is 0.923. The lowest BCUT2D eigenvalue weighted by Crippen LogP contribution is -2.48. The second kappa shape index (κ2) is 13.5. The molecule has 1 rings (SSSR count). The van der Waals surface area contributed by atoms with Crippen LogP contribution in [0.3, 0.4) is 0 Å². The Balaban J connectivity index is 0. The molecule has 104 valence electrons. The van der Waals surface area contributed by atoms with Gasteiger partial charge in [0.1, 0.15) is 0 Å². The van der Waals surface area contributed by atoms with Crippen molar-refractivity contribution in [3.8, 4) is 0 Å². The number of ether oxygens (including phenoxy) is 1. The summed E-state index contributed by atoms with van der Waals surface area (Å²) in [4.78, 5) is 15.2. The van der Waals surface area contributed by atoms with E-state index in [1.165, 1.54) is 0 Å². The van der Waals surface area contributed by atoms with E-state index < -0.39 is 0 Å². The first-order valence-electron chi connectivity index (χ1n) is 6.71. The van der Waals surface area contributed by atoms with Crippen LogP contribution in [0.4, 0.5) is 0 Å². The van der Waals surface area contributed by atoms with Gasteiger partial charge >= 0.3 is 0 Å². The van der Waals surface area contributed by atoms with Crippen LogP contribution in [0.25, 0.3) is 0 Å². The van der Waals surface area contributed by atoms with Crippen LogP contribution in [0.2, 0.25) is 0 Å². The van der Waals surface area contributed by atoms with Gasteiger partial charge in [-0.15, -0.1) is 0 Å². The summed E-state index contributed by atoms with van der Waals surface area (Å²) in [5.41, 5.74) is 0. The molecule has 0 spiro atoms. The van der Waals surface area contributed by atoms with Gasteiger partial charge in [0.25, 0.3) is 0 Å². The molecule has 1 amide bonds. The lowest BCUT2D eigenvalue weighted by atomic mass is 10.3. The number of amides is 1. The second-order valence-electron chi connectivity index (χ2n) is 3.34. The Bertz CT molecular complexity index is 167. The summed E-state index contributed by atoms with van der Waals surface area (Å²) in [6, 6.07) is 0. The van der Waals surface area contributed by atoms with Gasteiger partial charge in [0.2, 0.25) is 5.91 Å². The number of carbonyl (C=O) groups excluding carboxylic acids is 1. The van der Waals surface area contributed by atoms with Gasteiger partial charge in [-0.05, 0) is 0 Å². The van der Waals surface area contributed by atoms with Gasteiger partial charge in [0.15, 0.2) is 0 Å². The minimum Gasteiger partial charge on any atom is -0.383 e. The lowest BCUT2D eigenvalue weighted by molar-refractivity contribution is -0.130. The first-order chi connectivity index (χ1) is 8.24. The van der Waals surface area contributed by atoms with Crippen LogP contribution in [-0.4, -0.2) is 62.1 Å². The third kappa shape index (κ3) is 9.12. The summed E-state index contributed by atoms with van der Waals surface area (Å²) in [6.45, 7) is 15.1. The number of nitrogens with zero attached hydrogens (tertiary/aromatic N) is 2. The molecule has 1 heterocycles. The fourth-order valence-corrected chi connectivity index (χ4v) is 1.51. The van der Waals surface area contributed by atoms with Crippen molar-refractivity contribution in [1.82, 2.24) is 9.80 Å². The Morgan fingerprint density at radius 3 is 1.88 bits per heavy atom. The molecule has 1 fully saturated rings. The Morgan fingerprint density at radius 1 is 1.06 bits per heavy atom. The molecule has 0 aromatic rings. The Kier molecular flexibility index (Phi) is 14.8. The lowest BCUT2D eigenvalue weighted by Gasteiger charge is -2.33. The van der Waals surface area contributed by atoms with Gasteiger partial charge < -0.3 is 9.64 Å². The van der Waals surface area contributed by atoms with Crippen LogP contribution in [0.5, 0.6) is 0 Å². The molecule has 0 unspecified atom stereocenters. The molecule has 0 aromatic carbocycles. The highest BCUT2D eigenvalue weighted by Crippen LogP contribution is 2.01. The summed E-state index contributed by atoms with van der Waals surface area (Å²) in [6.07, 6.45) is 0. The molecule has 4 heteroatoms. The van der Waals surface area contributed by atoms with Gasteiger partial charge in [-0.25, -0.2) is 0 Å². The third-order valence-corrected chi connectivity index (χ3v) is 2.43. The zero-order valence-corrected chi connectivity index (χ0v) is 12.5. The van der Waals surface area contributed by atoms with Crippen LogP contribution >= 0.6 is 0 Å². The minimum absolute atomic E-state index is 0.186. The van der Waals surface area contributed by atoms with E-state index in [1.807, 2.05) is 32.6 Å². The Labute approximate surface area is 107 Å². The van der Waals surface area contributed by atoms with Crippen molar-refractivity contribution >= 4 is 5.91 Å². The van der Waals surface area contributed by atoms with Crippen molar-refractivity contribution in [3.63, 3.8) is 0 Å². The molecular formula is C13H30N2O2. The smallest absolute Gasteiger partial charge is 0.219 e. The van der Waals surface area contributed by atoms with Crippen molar-refractivity contribution in [3.05, 3.63) is 0 Å². The minimum atomic E-state index is 0.186. The molecule has 1 aliphatic rings. The summed E-state index contributed by atoms with van der Waals surface area (Å²) in [5, 5.41) is 0. The summed E-state index contributed by atoms with van der Waals surface area (Å²) < 4.78 is 5.00. The van der Waals surface area contributed by atoms with Gasteiger partial charge in [0.05, 0.1) is 6.61 Å². The maximum atomic E-state index is 11.0. The average molecular weight is 246 g/mol. The standard InChI is InChI=1S/C9H18N2O2.2C2H6/c1-9(12)11-5-3-10(4-6-11)7-8-13-2;2*1-2/h3-8H2,1-2H3;2*1-2H3. The van der Waals surface area contributed by atoms with E-state index in [4.69, 9.17) is 4.74 Å². The fourth-order valence-electron chi connectivity index (χ4n) is 1.51.